The van der Waals surface area contributed by atoms with E-state index in [2.05, 4.69) is 82.2 Å². The van der Waals surface area contributed by atoms with Gasteiger partial charge in [-0.2, -0.15) is 0 Å². The quantitative estimate of drug-likeness (QED) is 0.628. The minimum Gasteiger partial charge on any atom is -0.312 e. The summed E-state index contributed by atoms with van der Waals surface area (Å²) in [6.45, 7) is 6.60. The third-order valence-corrected chi connectivity index (χ3v) is 5.78. The van der Waals surface area contributed by atoms with Crippen LogP contribution in [0.5, 0.6) is 0 Å². The molecule has 0 amide bonds. The Morgan fingerprint density at radius 1 is 1.10 bits per heavy atom. The van der Waals surface area contributed by atoms with E-state index < -0.39 is 0 Å². The van der Waals surface area contributed by atoms with E-state index >= 15 is 0 Å². The second-order valence-electron chi connectivity index (χ2n) is 5.32. The number of hydrogen-bond acceptors (Lipinski definition) is 2. The van der Waals surface area contributed by atoms with Crippen molar-refractivity contribution < 1.29 is 0 Å². The summed E-state index contributed by atoms with van der Waals surface area (Å²) in [5.41, 5.74) is 2.49. The topological polar surface area (TPSA) is 12.0 Å². The standard InChI is InChI=1S/C16H19Br2NS/c1-9(2)16(19-4)14-6-5-13(20-14)15-11(17)7-10(3)8-12(15)18/h5-9,16,19H,1-4H3. The van der Waals surface area contributed by atoms with Crippen molar-refractivity contribution in [1.29, 1.82) is 0 Å². The second kappa shape index (κ2) is 6.73. The molecule has 1 nitrogen and oxygen atoms in total. The molecule has 0 saturated carbocycles. The van der Waals surface area contributed by atoms with E-state index in [9.17, 15) is 0 Å². The van der Waals surface area contributed by atoms with Crippen LogP contribution in [0.25, 0.3) is 10.4 Å². The molecule has 2 aromatic rings. The molecule has 0 aliphatic carbocycles. The molecule has 1 atom stereocenters. The number of hydrogen-bond donors (Lipinski definition) is 1. The van der Waals surface area contributed by atoms with E-state index in [1.165, 1.54) is 20.9 Å². The van der Waals surface area contributed by atoms with Gasteiger partial charge in [-0.05, 0) is 49.7 Å². The van der Waals surface area contributed by atoms with Crippen molar-refractivity contribution in [2.24, 2.45) is 5.92 Å². The highest BCUT2D eigenvalue weighted by atomic mass is 79.9. The molecule has 0 saturated heterocycles. The molecule has 0 aliphatic rings. The lowest BCUT2D eigenvalue weighted by Gasteiger charge is -2.18. The predicted molar refractivity (Wildman–Crippen MR) is 96.5 cm³/mol. The highest BCUT2D eigenvalue weighted by Crippen LogP contribution is 2.41. The minimum atomic E-state index is 0.414. The van der Waals surface area contributed by atoms with Crippen LogP contribution in [-0.4, -0.2) is 7.05 Å². The van der Waals surface area contributed by atoms with Crippen molar-refractivity contribution in [3.63, 3.8) is 0 Å². The Bertz CT molecular complexity index is 581. The van der Waals surface area contributed by atoms with Gasteiger partial charge in [0.05, 0.1) is 0 Å². The molecule has 1 aromatic heterocycles. The Labute approximate surface area is 142 Å². The summed E-state index contributed by atoms with van der Waals surface area (Å²) in [4.78, 5) is 2.68. The molecule has 1 aromatic carbocycles. The summed E-state index contributed by atoms with van der Waals surface area (Å²) in [5, 5.41) is 3.41. The average molecular weight is 417 g/mol. The van der Waals surface area contributed by atoms with Gasteiger partial charge >= 0.3 is 0 Å². The van der Waals surface area contributed by atoms with Gasteiger partial charge in [0, 0.05) is 30.3 Å². The van der Waals surface area contributed by atoms with Crippen LogP contribution in [0, 0.1) is 12.8 Å². The zero-order valence-corrected chi connectivity index (χ0v) is 16.1. The van der Waals surface area contributed by atoms with E-state index in [0.717, 1.165) is 8.95 Å². The van der Waals surface area contributed by atoms with Gasteiger partial charge in [-0.3, -0.25) is 0 Å². The monoisotopic (exact) mass is 415 g/mol. The van der Waals surface area contributed by atoms with Gasteiger partial charge in [-0.15, -0.1) is 11.3 Å². The van der Waals surface area contributed by atoms with Crippen molar-refractivity contribution in [3.05, 3.63) is 43.7 Å². The van der Waals surface area contributed by atoms with Crippen LogP contribution in [0.3, 0.4) is 0 Å². The maximum Gasteiger partial charge on any atom is 0.0435 e. The number of nitrogens with one attached hydrogen (secondary N) is 1. The largest absolute Gasteiger partial charge is 0.312 e. The van der Waals surface area contributed by atoms with Crippen LogP contribution in [0.2, 0.25) is 0 Å². The van der Waals surface area contributed by atoms with Crippen molar-refractivity contribution in [1.82, 2.24) is 5.32 Å². The lowest BCUT2D eigenvalue weighted by atomic mass is 10.0. The zero-order chi connectivity index (χ0) is 14.9. The first kappa shape index (κ1) is 16.2. The van der Waals surface area contributed by atoms with Crippen molar-refractivity contribution in [3.8, 4) is 10.4 Å². The first-order valence-corrected chi connectivity index (χ1v) is 9.07. The molecule has 0 radical (unpaired) electrons. The van der Waals surface area contributed by atoms with E-state index in [1.54, 1.807) is 0 Å². The number of rotatable bonds is 4. The van der Waals surface area contributed by atoms with Crippen LogP contribution in [-0.2, 0) is 0 Å². The average Bonchev–Trinajstić information content (AvgIpc) is 2.77. The van der Waals surface area contributed by atoms with Crippen molar-refractivity contribution >= 4 is 43.2 Å². The number of thiophene rings is 1. The lowest BCUT2D eigenvalue weighted by molar-refractivity contribution is 0.449. The first-order chi connectivity index (χ1) is 9.43. The number of aryl methyl sites for hydroxylation is 1. The smallest absolute Gasteiger partial charge is 0.0435 e. The lowest BCUT2D eigenvalue weighted by Crippen LogP contribution is -2.20. The van der Waals surface area contributed by atoms with Gasteiger partial charge < -0.3 is 5.32 Å². The molecular formula is C16H19Br2NS. The molecule has 1 heterocycles. The predicted octanol–water partition coefficient (Wildman–Crippen LogP) is 6.17. The third kappa shape index (κ3) is 3.35. The van der Waals surface area contributed by atoms with E-state index in [4.69, 9.17) is 0 Å². The Morgan fingerprint density at radius 3 is 2.20 bits per heavy atom. The Kier molecular flexibility index (Phi) is 5.46. The van der Waals surface area contributed by atoms with Crippen molar-refractivity contribution in [2.45, 2.75) is 26.8 Å². The summed E-state index contributed by atoms with van der Waals surface area (Å²) in [5.74, 6) is 0.580. The Balaban J connectivity index is 2.43. The molecule has 0 bridgehead atoms. The van der Waals surface area contributed by atoms with Gasteiger partial charge in [0.1, 0.15) is 0 Å². The minimum absolute atomic E-state index is 0.414. The highest BCUT2D eigenvalue weighted by molar-refractivity contribution is 9.11. The fraction of sp³-hybridized carbons (Fsp3) is 0.375. The molecule has 2 rings (SSSR count). The molecule has 4 heteroatoms. The van der Waals surface area contributed by atoms with E-state index in [0.29, 0.717) is 12.0 Å². The maximum absolute atomic E-state index is 3.69. The highest BCUT2D eigenvalue weighted by Gasteiger charge is 2.18. The fourth-order valence-corrected chi connectivity index (χ4v) is 5.86. The summed E-state index contributed by atoms with van der Waals surface area (Å²) < 4.78 is 2.28. The normalized spacial score (nSPS) is 12.9. The summed E-state index contributed by atoms with van der Waals surface area (Å²) in [6, 6.07) is 9.19. The van der Waals surface area contributed by atoms with Crippen LogP contribution in [0.4, 0.5) is 0 Å². The van der Waals surface area contributed by atoms with E-state index in [1.807, 2.05) is 18.4 Å². The summed E-state index contributed by atoms with van der Waals surface area (Å²) in [7, 11) is 2.03. The molecule has 20 heavy (non-hydrogen) atoms. The Hall–Kier alpha value is -0.160. The molecule has 1 unspecified atom stereocenters. The summed E-state index contributed by atoms with van der Waals surface area (Å²) >= 11 is 9.23. The van der Waals surface area contributed by atoms with Gasteiger partial charge in [0.25, 0.3) is 0 Å². The maximum atomic E-state index is 3.69. The molecule has 0 aliphatic heterocycles. The van der Waals surface area contributed by atoms with Crippen LogP contribution >= 0.6 is 43.2 Å². The fourth-order valence-electron chi connectivity index (χ4n) is 2.39. The first-order valence-electron chi connectivity index (χ1n) is 6.67. The van der Waals surface area contributed by atoms with Gasteiger partial charge in [0.2, 0.25) is 0 Å². The molecule has 0 spiro atoms. The van der Waals surface area contributed by atoms with Gasteiger partial charge in [0.15, 0.2) is 0 Å². The molecule has 108 valence electrons. The van der Waals surface area contributed by atoms with Crippen LogP contribution in [0.1, 0.15) is 30.3 Å². The second-order valence-corrected chi connectivity index (χ2v) is 8.14. The SMILES string of the molecule is CNC(c1ccc(-c2c(Br)cc(C)cc2Br)s1)C(C)C. The zero-order valence-electron chi connectivity index (χ0n) is 12.1. The van der Waals surface area contributed by atoms with Crippen molar-refractivity contribution in [2.75, 3.05) is 7.05 Å². The molecule has 0 fully saturated rings. The molecular weight excluding hydrogens is 398 g/mol. The van der Waals surface area contributed by atoms with Gasteiger partial charge in [-0.1, -0.05) is 45.7 Å². The Morgan fingerprint density at radius 2 is 1.70 bits per heavy atom. The van der Waals surface area contributed by atoms with E-state index in [-0.39, 0.29) is 0 Å². The van der Waals surface area contributed by atoms with Crippen LogP contribution in [0.15, 0.2) is 33.2 Å². The number of benzene rings is 1. The molecule has 1 N–H and O–H groups in total. The van der Waals surface area contributed by atoms with Crippen LogP contribution < -0.4 is 5.32 Å². The third-order valence-electron chi connectivity index (χ3n) is 3.34. The van der Waals surface area contributed by atoms with Gasteiger partial charge in [-0.25, -0.2) is 0 Å². The summed E-state index contributed by atoms with van der Waals surface area (Å²) in [6.07, 6.45) is 0. The number of halogens is 2.